The normalized spacial score (nSPS) is 33.8. The number of aryl methyl sites for hydroxylation is 1. The van der Waals surface area contributed by atoms with Crippen LogP contribution in [0.4, 0.5) is 4.39 Å². The third-order valence-corrected chi connectivity index (χ3v) is 5.50. The van der Waals surface area contributed by atoms with Crippen LogP contribution in [0.3, 0.4) is 0 Å². The maximum atomic E-state index is 13.9. The Morgan fingerprint density at radius 3 is 2.58 bits per heavy atom. The summed E-state index contributed by atoms with van der Waals surface area (Å²) in [6.45, 7) is 1.87. The molecule has 4 atom stereocenters. The Morgan fingerprint density at radius 1 is 1.26 bits per heavy atom. The van der Waals surface area contributed by atoms with Crippen molar-refractivity contribution in [3.8, 4) is 0 Å². The van der Waals surface area contributed by atoms with Crippen molar-refractivity contribution in [2.45, 2.75) is 43.2 Å². The Labute approximate surface area is 112 Å². The minimum absolute atomic E-state index is 0.0529. The zero-order valence-corrected chi connectivity index (χ0v) is 11.5. The number of halogens is 1. The second-order valence-electron chi connectivity index (χ2n) is 5.88. The van der Waals surface area contributed by atoms with E-state index in [1.807, 2.05) is 6.92 Å². The average molecular weight is 284 g/mol. The van der Waals surface area contributed by atoms with E-state index in [0.717, 1.165) is 18.4 Å². The molecule has 0 radical (unpaired) electrons. The summed E-state index contributed by atoms with van der Waals surface area (Å²) in [6, 6.07) is 4.87. The summed E-state index contributed by atoms with van der Waals surface area (Å²) in [6.07, 6.45) is 1.44. The third-order valence-electron chi connectivity index (χ3n) is 4.58. The lowest BCUT2D eigenvalue weighted by Crippen LogP contribution is -2.21. The van der Waals surface area contributed by atoms with Gasteiger partial charge in [0.25, 0.3) is 10.1 Å². The molecular formula is C14H17FO3S. The second-order valence-corrected chi connectivity index (χ2v) is 7.27. The van der Waals surface area contributed by atoms with Gasteiger partial charge in [-0.05, 0) is 55.6 Å². The van der Waals surface area contributed by atoms with Gasteiger partial charge in [-0.3, -0.25) is 4.55 Å². The summed E-state index contributed by atoms with van der Waals surface area (Å²) in [7, 11) is -4.24. The molecule has 19 heavy (non-hydrogen) atoms. The van der Waals surface area contributed by atoms with Gasteiger partial charge in [0, 0.05) is 0 Å². The lowest BCUT2D eigenvalue weighted by Gasteiger charge is -2.26. The van der Waals surface area contributed by atoms with Crippen LogP contribution in [0.2, 0.25) is 0 Å². The van der Waals surface area contributed by atoms with Crippen LogP contribution in [0.5, 0.6) is 0 Å². The van der Waals surface area contributed by atoms with Gasteiger partial charge in [0.2, 0.25) is 0 Å². The highest BCUT2D eigenvalue weighted by molar-refractivity contribution is 7.85. The Balaban J connectivity index is 2.08. The maximum absolute atomic E-state index is 13.9. The van der Waals surface area contributed by atoms with Gasteiger partial charge in [0.15, 0.2) is 0 Å². The molecule has 104 valence electrons. The zero-order valence-electron chi connectivity index (χ0n) is 10.7. The van der Waals surface area contributed by atoms with Crippen molar-refractivity contribution in [3.05, 3.63) is 29.3 Å². The van der Waals surface area contributed by atoms with E-state index in [1.165, 1.54) is 6.07 Å². The van der Waals surface area contributed by atoms with Crippen LogP contribution in [-0.2, 0) is 10.1 Å². The predicted octanol–water partition coefficient (Wildman–Crippen LogP) is 3.09. The van der Waals surface area contributed by atoms with E-state index in [4.69, 9.17) is 0 Å². The minimum Gasteiger partial charge on any atom is -0.282 e. The molecule has 0 heterocycles. The van der Waals surface area contributed by atoms with Crippen LogP contribution in [0.15, 0.2) is 23.1 Å². The van der Waals surface area contributed by atoms with Crippen molar-refractivity contribution in [1.82, 2.24) is 0 Å². The van der Waals surface area contributed by atoms with Crippen LogP contribution in [0.1, 0.15) is 36.3 Å². The first kappa shape index (κ1) is 13.1. The van der Waals surface area contributed by atoms with Crippen molar-refractivity contribution in [3.63, 3.8) is 0 Å². The van der Waals surface area contributed by atoms with E-state index in [2.05, 4.69) is 0 Å². The van der Waals surface area contributed by atoms with Gasteiger partial charge in [0.05, 0.1) is 4.90 Å². The van der Waals surface area contributed by atoms with Gasteiger partial charge in [0.1, 0.15) is 6.17 Å². The molecule has 0 saturated heterocycles. The highest BCUT2D eigenvalue weighted by atomic mass is 32.2. The van der Waals surface area contributed by atoms with Gasteiger partial charge in [-0.1, -0.05) is 17.7 Å². The van der Waals surface area contributed by atoms with Crippen LogP contribution >= 0.6 is 0 Å². The predicted molar refractivity (Wildman–Crippen MR) is 69.5 cm³/mol. The fraction of sp³-hybridized carbons (Fsp3) is 0.571. The fourth-order valence-electron chi connectivity index (χ4n) is 3.81. The maximum Gasteiger partial charge on any atom is 0.294 e. The van der Waals surface area contributed by atoms with Crippen molar-refractivity contribution in [2.75, 3.05) is 0 Å². The van der Waals surface area contributed by atoms with E-state index < -0.39 is 16.3 Å². The fourth-order valence-corrected chi connectivity index (χ4v) is 4.56. The Bertz CT molecular complexity index is 611. The minimum atomic E-state index is -4.24. The summed E-state index contributed by atoms with van der Waals surface area (Å²) in [5.74, 6) is 0.192. The first-order chi connectivity index (χ1) is 8.86. The van der Waals surface area contributed by atoms with E-state index in [1.54, 1.807) is 12.1 Å². The van der Waals surface area contributed by atoms with Crippen LogP contribution in [0, 0.1) is 18.8 Å². The lowest BCUT2D eigenvalue weighted by molar-refractivity contribution is 0.208. The van der Waals surface area contributed by atoms with E-state index in [9.17, 15) is 17.4 Å². The number of alkyl halides is 1. The number of benzene rings is 1. The molecule has 2 saturated carbocycles. The van der Waals surface area contributed by atoms with Gasteiger partial charge in [-0.25, -0.2) is 4.39 Å². The Kier molecular flexibility index (Phi) is 2.94. The summed E-state index contributed by atoms with van der Waals surface area (Å²) < 4.78 is 46.1. The van der Waals surface area contributed by atoms with Gasteiger partial charge in [-0.15, -0.1) is 0 Å². The van der Waals surface area contributed by atoms with Gasteiger partial charge in [-0.2, -0.15) is 8.42 Å². The van der Waals surface area contributed by atoms with Crippen molar-refractivity contribution in [2.24, 2.45) is 11.8 Å². The number of hydrogen-bond donors (Lipinski definition) is 1. The van der Waals surface area contributed by atoms with Crippen LogP contribution in [0.25, 0.3) is 0 Å². The van der Waals surface area contributed by atoms with Gasteiger partial charge < -0.3 is 0 Å². The lowest BCUT2D eigenvalue weighted by atomic mass is 9.82. The molecule has 3 nitrogen and oxygen atoms in total. The Hall–Kier alpha value is -0.940. The molecule has 1 N–H and O–H groups in total. The molecule has 0 spiro atoms. The second kappa shape index (κ2) is 4.28. The molecule has 5 heteroatoms. The third kappa shape index (κ3) is 2.19. The SMILES string of the molecule is Cc1ccc(S(=O)(=O)O)c(C2CC3CC(F)C2C3)c1. The van der Waals surface area contributed by atoms with E-state index in [-0.39, 0.29) is 16.7 Å². The molecule has 0 aromatic heterocycles. The number of fused-ring (bicyclic) bond motifs is 2. The molecule has 0 amide bonds. The number of hydrogen-bond acceptors (Lipinski definition) is 2. The average Bonchev–Trinajstić information content (AvgIpc) is 2.85. The first-order valence-corrected chi connectivity index (χ1v) is 8.02. The summed E-state index contributed by atoms with van der Waals surface area (Å²) in [5.41, 5.74) is 1.53. The Morgan fingerprint density at radius 2 is 2.00 bits per heavy atom. The van der Waals surface area contributed by atoms with Crippen LogP contribution < -0.4 is 0 Å². The van der Waals surface area contributed by atoms with Crippen molar-refractivity contribution < 1.29 is 17.4 Å². The molecule has 2 fully saturated rings. The first-order valence-electron chi connectivity index (χ1n) is 6.58. The molecule has 1 aromatic carbocycles. The largest absolute Gasteiger partial charge is 0.294 e. The topological polar surface area (TPSA) is 54.4 Å². The standard InChI is InChI=1S/C14H17FO3S/c1-8-2-3-14(19(16,17)18)12(4-8)10-5-9-6-11(10)13(15)7-9/h2-4,9-11,13H,5-7H2,1H3,(H,16,17,18). The van der Waals surface area contributed by atoms with Gasteiger partial charge >= 0.3 is 0 Å². The summed E-state index contributed by atoms with van der Waals surface area (Å²) >= 11 is 0. The summed E-state index contributed by atoms with van der Waals surface area (Å²) in [5, 5.41) is 0. The molecule has 2 aliphatic rings. The molecule has 1 aromatic rings. The molecule has 2 aliphatic carbocycles. The highest BCUT2D eigenvalue weighted by Gasteiger charge is 2.48. The summed E-state index contributed by atoms with van der Waals surface area (Å²) in [4.78, 5) is -0.0529. The monoisotopic (exact) mass is 284 g/mol. The van der Waals surface area contributed by atoms with E-state index >= 15 is 0 Å². The quantitative estimate of drug-likeness (QED) is 0.849. The smallest absolute Gasteiger partial charge is 0.282 e. The highest BCUT2D eigenvalue weighted by Crippen LogP contribution is 2.55. The van der Waals surface area contributed by atoms with E-state index in [0.29, 0.717) is 17.9 Å². The molecule has 4 unspecified atom stereocenters. The number of rotatable bonds is 2. The van der Waals surface area contributed by atoms with Crippen LogP contribution in [-0.4, -0.2) is 19.1 Å². The van der Waals surface area contributed by atoms with Crippen molar-refractivity contribution >= 4 is 10.1 Å². The molecule has 3 rings (SSSR count). The zero-order chi connectivity index (χ0) is 13.8. The molecule has 2 bridgehead atoms. The van der Waals surface area contributed by atoms with Crippen molar-refractivity contribution in [1.29, 1.82) is 0 Å². The molecule has 0 aliphatic heterocycles. The molecular weight excluding hydrogens is 267 g/mol.